The molecule has 20 bridgehead atoms. The van der Waals surface area contributed by atoms with Gasteiger partial charge in [0.1, 0.15) is 78.2 Å². The molecule has 0 spiro atoms. The van der Waals surface area contributed by atoms with Crippen LogP contribution in [-0.2, 0) is 66.7 Å². The Balaban J connectivity index is 0.000000146. The summed E-state index contributed by atoms with van der Waals surface area (Å²) in [5.74, 6) is 0.863. The molecule has 22 aliphatic carbocycles. The van der Waals surface area contributed by atoms with Gasteiger partial charge in [0.25, 0.3) is 0 Å². The lowest BCUT2D eigenvalue weighted by Crippen LogP contribution is -2.62. The molecule has 22 saturated carbocycles. The topological polar surface area (TPSA) is 184 Å². The number of rotatable bonds is 19. The fourth-order valence-electron chi connectivity index (χ4n) is 31.0. The Labute approximate surface area is 806 Å². The highest BCUT2D eigenvalue weighted by Gasteiger charge is 2.67. The summed E-state index contributed by atoms with van der Waals surface area (Å²) in [6.07, 6.45) is 3.98. The molecule has 0 aliphatic heterocycles. The monoisotopic (exact) mass is 2020 g/mol. The van der Waals surface area contributed by atoms with E-state index in [2.05, 4.69) is 46.1 Å². The van der Waals surface area contributed by atoms with Gasteiger partial charge in [-0.25, -0.2) is 33.6 Å². The number of hydrogen-bond donors (Lipinski definition) is 0. The second-order valence-electron chi connectivity index (χ2n) is 46.2. The average molecular weight is 2020 g/mol. The van der Waals surface area contributed by atoms with E-state index in [1.165, 1.54) is 51.4 Å². The van der Waals surface area contributed by atoms with E-state index >= 15 is 0 Å². The Morgan fingerprint density at radius 1 is 0.314 bits per heavy atom. The SMILES string of the molecule is C=C(C(=O)OC(C)(C)C12CC3CC(CC(C3)C1)C2)C(F)(F)F.C=C(C(=O)OC1(C(C)C)C2CC3CC(C2)CC1C3)C(F)(F)F.C=C(C(=O)OC1(C)C2CC3CC(C2)CC1C3)C(F)(F)F.C=C(C(=O)OC1(C)CC2CCC1C2)C(F)(F)F.C=C(C(=O)OC1(CC)C2CC3CC(C2)CC1C3)C(F)(F)F.C=C(C(=O)OC1(CC)CC2CC1C1CCCC21)C(F)(F)F.C=C(C(=O)OC1(CC)CCCCC1)C(F)(F)F. The summed E-state index contributed by atoms with van der Waals surface area (Å²) in [7, 11) is 0. The first-order chi connectivity index (χ1) is 64.4. The third kappa shape index (κ3) is 23.3. The molecule has 35 heteroatoms. The number of esters is 7. The third-order valence-electron chi connectivity index (χ3n) is 37.4. The number of ether oxygens (including phenoxy) is 7. The molecule has 0 aromatic heterocycles. The molecule has 0 N–H and O–H groups in total. The summed E-state index contributed by atoms with van der Waals surface area (Å²) < 4.78 is 301. The summed E-state index contributed by atoms with van der Waals surface area (Å²) >= 11 is 0. The van der Waals surface area contributed by atoms with Crippen molar-refractivity contribution < 1.29 is 159 Å². The zero-order valence-corrected chi connectivity index (χ0v) is 81.7. The van der Waals surface area contributed by atoms with E-state index in [9.17, 15) is 126 Å². The molecule has 22 fully saturated rings. The van der Waals surface area contributed by atoms with E-state index in [1.807, 2.05) is 41.5 Å². The molecule has 0 radical (unpaired) electrons. The molecule has 0 amide bonds. The van der Waals surface area contributed by atoms with Gasteiger partial charge in [-0.1, -0.05) is 93.5 Å². The maximum atomic E-state index is 12.7. The molecule has 0 aromatic rings. The van der Waals surface area contributed by atoms with Crippen LogP contribution >= 0.6 is 0 Å². The molecule has 22 rings (SSSR count). The van der Waals surface area contributed by atoms with Crippen LogP contribution in [0.25, 0.3) is 0 Å². The quantitative estimate of drug-likeness (QED) is 0.0515. The third-order valence-corrected chi connectivity index (χ3v) is 37.4. The van der Waals surface area contributed by atoms with Gasteiger partial charge in [0, 0.05) is 11.3 Å². The van der Waals surface area contributed by atoms with E-state index < -0.39 is 163 Å². The molecule has 14 nitrogen and oxygen atoms in total. The largest absolute Gasteiger partial charge is 0.456 e. The minimum Gasteiger partial charge on any atom is -0.456 e. The minimum atomic E-state index is -4.73. The second kappa shape index (κ2) is 40.7. The van der Waals surface area contributed by atoms with Crippen LogP contribution in [0.3, 0.4) is 0 Å². The zero-order valence-electron chi connectivity index (χ0n) is 81.7. The van der Waals surface area contributed by atoms with Crippen molar-refractivity contribution in [3.63, 3.8) is 0 Å². The number of carbonyl (C=O) groups is 7. The molecule has 8 atom stereocenters. The van der Waals surface area contributed by atoms with Crippen LogP contribution in [0.1, 0.15) is 306 Å². The van der Waals surface area contributed by atoms with Crippen LogP contribution in [-0.4, -0.2) is 124 Å². The maximum Gasteiger partial charge on any atom is 0.422 e. The predicted molar refractivity (Wildman–Crippen MR) is 474 cm³/mol. The van der Waals surface area contributed by atoms with Crippen LogP contribution in [0.4, 0.5) is 92.2 Å². The van der Waals surface area contributed by atoms with Crippen molar-refractivity contribution >= 4 is 41.8 Å². The van der Waals surface area contributed by atoms with Crippen LogP contribution in [0.2, 0.25) is 0 Å². The highest BCUT2D eigenvalue weighted by Crippen LogP contribution is 2.69. The number of halogens is 21. The van der Waals surface area contributed by atoms with Gasteiger partial charge in [0.15, 0.2) is 0 Å². The van der Waals surface area contributed by atoms with Gasteiger partial charge < -0.3 is 33.2 Å². The van der Waals surface area contributed by atoms with Crippen molar-refractivity contribution in [2.75, 3.05) is 0 Å². The maximum absolute atomic E-state index is 12.7. The molecule has 22 aliphatic rings. The van der Waals surface area contributed by atoms with Gasteiger partial charge in [-0.3, -0.25) is 0 Å². The first-order valence-electron chi connectivity index (χ1n) is 50.4. The molecule has 8 unspecified atom stereocenters. The highest BCUT2D eigenvalue weighted by molar-refractivity contribution is 5.92. The fourth-order valence-corrected chi connectivity index (χ4v) is 31.0. The summed E-state index contributed by atoms with van der Waals surface area (Å²) in [5, 5.41) is 0. The van der Waals surface area contributed by atoms with Crippen molar-refractivity contribution in [2.24, 2.45) is 136 Å². The van der Waals surface area contributed by atoms with Gasteiger partial charge >= 0.3 is 85.0 Å². The smallest absolute Gasteiger partial charge is 0.422 e. The van der Waals surface area contributed by atoms with E-state index in [0.29, 0.717) is 115 Å². The summed E-state index contributed by atoms with van der Waals surface area (Å²) in [6.45, 7) is 36.6. The molecule has 0 heterocycles. The van der Waals surface area contributed by atoms with Gasteiger partial charge in [0.05, 0.1) is 0 Å². The van der Waals surface area contributed by atoms with Gasteiger partial charge in [-0.2, -0.15) is 92.2 Å². The normalized spacial score (nSPS) is 37.4. The fraction of sp³-hybridized carbons (Fsp3) is 0.800. The lowest BCUT2D eigenvalue weighted by Gasteiger charge is -2.61. The second-order valence-corrected chi connectivity index (χ2v) is 46.2. The standard InChI is InChI=1S/2C17H23F3O2.2C16H21F3O2.C15H19F3O2.C12H15F3O2.C12H17F3O2/c1-10(17(18,19)20)14(21)22-15(2,3)16-7-11-4-12(8-16)6-13(5-11)9-16;1-9(2)16(22-15(21)10(3)17(18,19)20)13-5-11-4-12(7-13)8-14(16)6-11;1-3-15(21-14(20)9(2)16(17,18)19)12-5-10-4-11(7-12)8-13(15)6-10;1-3-15(21-14(20)9(2)16(17,18)19)8-10-7-13(15)12-6-4-5-11(10)12;1-8(15(16,17)18)13(19)20-14(2)11-4-9-3-10(6-11)7-12(14)5-9;1-7(12(13,14)15)10(16)17-11(2)6-8-3-4-9(11)5-8;1-3-11(7-5-4-6-8-11)17-10(16)9(2)12(13,14)15/h11-13H,1,4-9H2,2-3H3;9,11-14H,3-8H2,1-2H3;2*10-13H,2-8H2,1H3;9-12H,1,3-7H2,2H3;8-9H,1,3-6H2,2H3;2-8H2,1H3. The van der Waals surface area contributed by atoms with Crippen molar-refractivity contribution in [3.05, 3.63) is 85.1 Å². The van der Waals surface area contributed by atoms with Gasteiger partial charge in [-0.05, 0) is 383 Å². The van der Waals surface area contributed by atoms with E-state index in [-0.39, 0.29) is 58.7 Å². The molecule has 790 valence electrons. The Morgan fingerprint density at radius 2 is 0.650 bits per heavy atom. The van der Waals surface area contributed by atoms with Crippen LogP contribution in [0.5, 0.6) is 0 Å². The van der Waals surface area contributed by atoms with Crippen molar-refractivity contribution in [3.8, 4) is 0 Å². The first-order valence-corrected chi connectivity index (χ1v) is 50.4. The van der Waals surface area contributed by atoms with Crippen molar-refractivity contribution in [2.45, 2.75) is 389 Å². The lowest BCUT2D eigenvalue weighted by atomic mass is 9.46. The van der Waals surface area contributed by atoms with E-state index in [1.54, 1.807) is 20.8 Å². The Kier molecular flexibility index (Phi) is 32.5. The molecule has 0 saturated heterocycles. The zero-order chi connectivity index (χ0) is 104. The van der Waals surface area contributed by atoms with Crippen LogP contribution < -0.4 is 0 Å². The average Bonchev–Trinajstić information content (AvgIpc) is 1.29. The lowest BCUT2D eigenvalue weighted by molar-refractivity contribution is -0.225. The number of fused-ring (bicyclic) bond motifs is 7. The minimum absolute atomic E-state index is 0.0208. The molecular formula is C105H139F21O14. The van der Waals surface area contributed by atoms with Gasteiger partial charge in [0.2, 0.25) is 0 Å². The first kappa shape index (κ1) is 112. The summed E-state index contributed by atoms with van der Waals surface area (Å²) in [6, 6.07) is 0. The number of hydrogen-bond acceptors (Lipinski definition) is 14. The van der Waals surface area contributed by atoms with Crippen LogP contribution in [0, 0.1) is 136 Å². The van der Waals surface area contributed by atoms with E-state index in [4.69, 9.17) is 33.2 Å². The summed E-state index contributed by atoms with van der Waals surface area (Å²) in [5.41, 5.74) is -15.2. The van der Waals surface area contributed by atoms with E-state index in [0.717, 1.165) is 154 Å². The molecular weight excluding hydrogens is 1880 g/mol. The Morgan fingerprint density at radius 3 is 1.01 bits per heavy atom. The number of alkyl halides is 21. The van der Waals surface area contributed by atoms with Gasteiger partial charge in [-0.15, -0.1) is 0 Å². The predicted octanol–water partition coefficient (Wildman–Crippen LogP) is 28.5. The highest BCUT2D eigenvalue weighted by atomic mass is 19.4. The Hall–Kier alpha value is -7.00. The Bertz CT molecular complexity index is 4490. The molecule has 140 heavy (non-hydrogen) atoms. The molecule has 0 aromatic carbocycles. The van der Waals surface area contributed by atoms with Crippen molar-refractivity contribution in [1.29, 1.82) is 0 Å². The summed E-state index contributed by atoms with van der Waals surface area (Å²) in [4.78, 5) is 82.2. The van der Waals surface area contributed by atoms with Crippen LogP contribution in [0.15, 0.2) is 85.1 Å². The number of carbonyl (C=O) groups excluding carboxylic acids is 7. The van der Waals surface area contributed by atoms with Crippen molar-refractivity contribution in [1.82, 2.24) is 0 Å².